The molecule has 1 N–H and O–H groups in total. The van der Waals surface area contributed by atoms with Crippen molar-refractivity contribution in [2.24, 2.45) is 40.4 Å². The molecule has 0 aromatic heterocycles. The van der Waals surface area contributed by atoms with Gasteiger partial charge in [-0.05, 0) is 78.9 Å². The first-order valence-corrected chi connectivity index (χ1v) is 9.56. The zero-order chi connectivity index (χ0) is 15.7. The number of hydrogen-bond acceptors (Lipinski definition) is 2. The first-order chi connectivity index (χ1) is 10.4. The van der Waals surface area contributed by atoms with Gasteiger partial charge in [0, 0.05) is 12.8 Å². The SMILES string of the molecule is C[C@H]1C[C@@H]2CC(=O)CC[C@]2(C)[C@H]2CC[C@]3(C)[C@@H](O)CC[C@H]3[C@H]12. The molecule has 4 aliphatic rings. The Balaban J connectivity index is 1.68. The van der Waals surface area contributed by atoms with Gasteiger partial charge >= 0.3 is 0 Å². The number of carbonyl (C=O) groups excluding carboxylic acids is 1. The normalized spacial score (nSPS) is 57.9. The smallest absolute Gasteiger partial charge is 0.133 e. The molecule has 4 fully saturated rings. The molecular formula is C20H32O2. The molecule has 4 rings (SSSR count). The van der Waals surface area contributed by atoms with Crippen molar-refractivity contribution < 1.29 is 9.90 Å². The van der Waals surface area contributed by atoms with E-state index in [0.717, 1.165) is 43.4 Å². The molecular weight excluding hydrogens is 272 g/mol. The Morgan fingerprint density at radius 1 is 1.05 bits per heavy atom. The average molecular weight is 304 g/mol. The molecule has 0 amide bonds. The molecule has 0 bridgehead atoms. The summed E-state index contributed by atoms with van der Waals surface area (Å²) in [5.41, 5.74) is 0.559. The molecule has 124 valence electrons. The number of aliphatic hydroxyl groups is 1. The summed E-state index contributed by atoms with van der Waals surface area (Å²) >= 11 is 0. The maximum atomic E-state index is 12.0. The highest BCUT2D eigenvalue weighted by Crippen LogP contribution is 2.67. The van der Waals surface area contributed by atoms with E-state index in [-0.39, 0.29) is 11.5 Å². The van der Waals surface area contributed by atoms with Crippen LogP contribution in [0.3, 0.4) is 0 Å². The Morgan fingerprint density at radius 2 is 1.77 bits per heavy atom. The van der Waals surface area contributed by atoms with Crippen molar-refractivity contribution in [2.45, 2.75) is 78.2 Å². The Hall–Kier alpha value is -0.370. The van der Waals surface area contributed by atoms with E-state index in [1.807, 2.05) is 0 Å². The number of carbonyl (C=O) groups is 1. The van der Waals surface area contributed by atoms with Crippen LogP contribution in [0.25, 0.3) is 0 Å². The molecule has 0 spiro atoms. The molecule has 8 atom stereocenters. The number of ketones is 1. The van der Waals surface area contributed by atoms with Crippen LogP contribution < -0.4 is 0 Å². The Kier molecular flexibility index (Phi) is 3.32. The lowest BCUT2D eigenvalue weighted by Crippen LogP contribution is -2.56. The summed E-state index contributed by atoms with van der Waals surface area (Å²) < 4.78 is 0. The number of fused-ring (bicyclic) bond motifs is 5. The van der Waals surface area contributed by atoms with Crippen LogP contribution in [0.2, 0.25) is 0 Å². The monoisotopic (exact) mass is 304 g/mol. The standard InChI is InChI=1S/C20H32O2/c1-12-10-13-11-14(21)6-8-19(13,2)16-7-9-20(3)15(18(12)16)4-5-17(20)22/h12-13,15-18,22H,4-11H2,1-3H3/t12-,13+,15-,16-,17-,18-,19-,20-/m0/s1. The highest BCUT2D eigenvalue weighted by atomic mass is 16.3. The third kappa shape index (κ3) is 1.85. The fourth-order valence-electron chi connectivity index (χ4n) is 7.40. The summed E-state index contributed by atoms with van der Waals surface area (Å²) in [5.74, 6) is 4.14. The first-order valence-electron chi connectivity index (χ1n) is 9.56. The van der Waals surface area contributed by atoms with E-state index in [1.165, 1.54) is 25.7 Å². The zero-order valence-electron chi connectivity index (χ0n) is 14.5. The molecule has 0 aromatic carbocycles. The highest BCUT2D eigenvalue weighted by molar-refractivity contribution is 5.79. The van der Waals surface area contributed by atoms with E-state index >= 15 is 0 Å². The summed E-state index contributed by atoms with van der Waals surface area (Å²) in [6, 6.07) is 0. The number of rotatable bonds is 0. The van der Waals surface area contributed by atoms with Gasteiger partial charge in [0.1, 0.15) is 5.78 Å². The summed E-state index contributed by atoms with van der Waals surface area (Å²) in [6.45, 7) is 7.30. The van der Waals surface area contributed by atoms with Gasteiger partial charge in [-0.25, -0.2) is 0 Å². The summed E-state index contributed by atoms with van der Waals surface area (Å²) in [5, 5.41) is 10.5. The lowest BCUT2D eigenvalue weighted by molar-refractivity contribution is -0.153. The van der Waals surface area contributed by atoms with Crippen molar-refractivity contribution in [3.05, 3.63) is 0 Å². The molecule has 22 heavy (non-hydrogen) atoms. The average Bonchev–Trinajstić information content (AvgIpc) is 2.77. The molecule has 4 aliphatic carbocycles. The lowest BCUT2D eigenvalue weighted by Gasteiger charge is -2.62. The van der Waals surface area contributed by atoms with Crippen LogP contribution in [-0.4, -0.2) is 17.0 Å². The van der Waals surface area contributed by atoms with Gasteiger partial charge in [-0.15, -0.1) is 0 Å². The topological polar surface area (TPSA) is 37.3 Å². The van der Waals surface area contributed by atoms with Gasteiger partial charge in [0.15, 0.2) is 0 Å². The second-order valence-electron chi connectivity index (χ2n) is 9.59. The van der Waals surface area contributed by atoms with Gasteiger partial charge in [0.2, 0.25) is 0 Å². The Labute approximate surface area is 135 Å². The van der Waals surface area contributed by atoms with Gasteiger partial charge in [0.25, 0.3) is 0 Å². The second-order valence-corrected chi connectivity index (χ2v) is 9.59. The molecule has 0 saturated heterocycles. The van der Waals surface area contributed by atoms with Crippen molar-refractivity contribution in [2.75, 3.05) is 0 Å². The second kappa shape index (κ2) is 4.82. The maximum Gasteiger partial charge on any atom is 0.133 e. The van der Waals surface area contributed by atoms with E-state index in [9.17, 15) is 9.90 Å². The van der Waals surface area contributed by atoms with Crippen LogP contribution in [0.4, 0.5) is 0 Å². The van der Waals surface area contributed by atoms with E-state index in [2.05, 4.69) is 20.8 Å². The van der Waals surface area contributed by atoms with Crippen LogP contribution in [0, 0.1) is 40.4 Å². The molecule has 2 nitrogen and oxygen atoms in total. The van der Waals surface area contributed by atoms with Crippen molar-refractivity contribution >= 4 is 5.78 Å². The highest BCUT2D eigenvalue weighted by Gasteiger charge is 2.61. The molecule has 0 radical (unpaired) electrons. The van der Waals surface area contributed by atoms with Crippen molar-refractivity contribution in [1.29, 1.82) is 0 Å². The minimum Gasteiger partial charge on any atom is -0.393 e. The van der Waals surface area contributed by atoms with Crippen LogP contribution in [0.5, 0.6) is 0 Å². The van der Waals surface area contributed by atoms with E-state index in [1.54, 1.807) is 0 Å². The van der Waals surface area contributed by atoms with Crippen molar-refractivity contribution in [3.63, 3.8) is 0 Å². The van der Waals surface area contributed by atoms with Crippen LogP contribution in [0.1, 0.15) is 72.1 Å². The largest absolute Gasteiger partial charge is 0.393 e. The predicted octanol–water partition coefficient (Wildman–Crippen LogP) is 4.21. The third-order valence-electron chi connectivity index (χ3n) is 8.79. The quantitative estimate of drug-likeness (QED) is 0.728. The molecule has 4 saturated carbocycles. The van der Waals surface area contributed by atoms with Crippen LogP contribution in [0.15, 0.2) is 0 Å². The fourth-order valence-corrected chi connectivity index (χ4v) is 7.40. The third-order valence-corrected chi connectivity index (χ3v) is 8.79. The summed E-state index contributed by atoms with van der Waals surface area (Å²) in [7, 11) is 0. The zero-order valence-corrected chi connectivity index (χ0v) is 14.5. The molecule has 0 aliphatic heterocycles. The summed E-state index contributed by atoms with van der Waals surface area (Å²) in [4.78, 5) is 12.0. The van der Waals surface area contributed by atoms with Gasteiger partial charge in [-0.2, -0.15) is 0 Å². The van der Waals surface area contributed by atoms with Gasteiger partial charge in [0.05, 0.1) is 6.10 Å². The van der Waals surface area contributed by atoms with E-state index < -0.39 is 0 Å². The molecule has 0 unspecified atom stereocenters. The minimum absolute atomic E-state index is 0.0795. The first kappa shape index (κ1) is 15.2. The molecule has 0 heterocycles. The van der Waals surface area contributed by atoms with Gasteiger partial charge < -0.3 is 5.11 Å². The number of aliphatic hydroxyl groups excluding tert-OH is 1. The maximum absolute atomic E-state index is 12.0. The summed E-state index contributed by atoms with van der Waals surface area (Å²) in [6.07, 6.45) is 8.65. The Morgan fingerprint density at radius 3 is 2.55 bits per heavy atom. The Bertz CT molecular complexity index is 486. The molecule has 0 aromatic rings. The van der Waals surface area contributed by atoms with Crippen LogP contribution in [-0.2, 0) is 4.79 Å². The van der Waals surface area contributed by atoms with Gasteiger partial charge in [-0.1, -0.05) is 20.8 Å². The number of Topliss-reactive ketones (excluding diaryl/α,β-unsaturated/α-hetero) is 1. The van der Waals surface area contributed by atoms with E-state index in [4.69, 9.17) is 0 Å². The van der Waals surface area contributed by atoms with Crippen molar-refractivity contribution in [1.82, 2.24) is 0 Å². The predicted molar refractivity (Wildman–Crippen MR) is 87.3 cm³/mol. The fraction of sp³-hybridized carbons (Fsp3) is 0.950. The van der Waals surface area contributed by atoms with Gasteiger partial charge in [-0.3, -0.25) is 4.79 Å². The molecule has 2 heteroatoms. The van der Waals surface area contributed by atoms with E-state index in [0.29, 0.717) is 23.0 Å². The number of hydrogen-bond donors (Lipinski definition) is 1. The van der Waals surface area contributed by atoms with Crippen molar-refractivity contribution in [3.8, 4) is 0 Å². The van der Waals surface area contributed by atoms with Crippen LogP contribution >= 0.6 is 0 Å². The lowest BCUT2D eigenvalue weighted by atomic mass is 9.43. The minimum atomic E-state index is -0.0795.